The second-order valence-electron chi connectivity index (χ2n) is 6.53. The Labute approximate surface area is 134 Å². The summed E-state index contributed by atoms with van der Waals surface area (Å²) in [4.78, 5) is 30.8. The van der Waals surface area contributed by atoms with Crippen molar-refractivity contribution >= 4 is 22.7 Å². The summed E-state index contributed by atoms with van der Waals surface area (Å²) in [5.74, 6) is -0.0779. The van der Waals surface area contributed by atoms with E-state index in [1.54, 1.807) is 4.90 Å². The van der Waals surface area contributed by atoms with Gasteiger partial charge in [-0.15, -0.1) is 0 Å². The number of primary amides is 1. The van der Waals surface area contributed by atoms with Gasteiger partial charge in [0.25, 0.3) is 5.91 Å². The molecule has 1 aliphatic heterocycles. The van der Waals surface area contributed by atoms with Gasteiger partial charge in [-0.3, -0.25) is 14.6 Å². The van der Waals surface area contributed by atoms with E-state index in [9.17, 15) is 9.59 Å². The van der Waals surface area contributed by atoms with Crippen LogP contribution in [0.25, 0.3) is 10.9 Å². The summed E-state index contributed by atoms with van der Waals surface area (Å²) in [5, 5.41) is 0.879. The van der Waals surface area contributed by atoms with Gasteiger partial charge in [-0.05, 0) is 31.4 Å². The predicted octanol–water partition coefficient (Wildman–Crippen LogP) is 2.06. The Morgan fingerprint density at radius 2 is 1.96 bits per heavy atom. The van der Waals surface area contributed by atoms with Crippen molar-refractivity contribution in [3.63, 3.8) is 0 Å². The number of hydrogen-bond acceptors (Lipinski definition) is 3. The largest absolute Gasteiger partial charge is 0.369 e. The minimum absolute atomic E-state index is 0.0192. The summed E-state index contributed by atoms with van der Waals surface area (Å²) in [5.41, 5.74) is 7.95. The third kappa shape index (κ3) is 2.56. The van der Waals surface area contributed by atoms with Gasteiger partial charge in [0.15, 0.2) is 0 Å². The number of carbonyl (C=O) groups excluding carboxylic acids is 2. The maximum absolute atomic E-state index is 13.0. The Morgan fingerprint density at radius 3 is 2.65 bits per heavy atom. The van der Waals surface area contributed by atoms with Crippen molar-refractivity contribution < 1.29 is 9.59 Å². The zero-order valence-electron chi connectivity index (χ0n) is 12.9. The molecule has 2 N–H and O–H groups in total. The van der Waals surface area contributed by atoms with Crippen LogP contribution < -0.4 is 5.73 Å². The zero-order chi connectivity index (χ0) is 16.0. The third-order valence-electron chi connectivity index (χ3n) is 4.84. The Balaban J connectivity index is 1.72. The first-order valence-electron chi connectivity index (χ1n) is 8.12. The van der Waals surface area contributed by atoms with Crippen LogP contribution in [0, 0.1) is 5.92 Å². The van der Waals surface area contributed by atoms with Gasteiger partial charge in [0.1, 0.15) is 0 Å². The van der Waals surface area contributed by atoms with Gasteiger partial charge in [-0.2, -0.15) is 0 Å². The normalized spacial score (nSPS) is 20.9. The van der Waals surface area contributed by atoms with E-state index in [0.29, 0.717) is 31.0 Å². The Hall–Kier alpha value is -2.43. The Kier molecular flexibility index (Phi) is 3.29. The topological polar surface area (TPSA) is 76.3 Å². The molecule has 2 amide bonds. The monoisotopic (exact) mass is 309 g/mol. The lowest BCUT2D eigenvalue weighted by Crippen LogP contribution is -2.32. The number of nitrogens with two attached hydrogens (primary N) is 1. The Bertz CT molecular complexity index is 798. The fraction of sp³-hybridized carbons (Fsp3) is 0.389. The summed E-state index contributed by atoms with van der Waals surface area (Å²) >= 11 is 0. The number of aromatic nitrogens is 1. The zero-order valence-corrected chi connectivity index (χ0v) is 12.9. The molecule has 23 heavy (non-hydrogen) atoms. The van der Waals surface area contributed by atoms with Crippen LogP contribution in [0.15, 0.2) is 30.3 Å². The molecule has 4 rings (SSSR count). The molecule has 2 fully saturated rings. The van der Waals surface area contributed by atoms with E-state index in [1.165, 1.54) is 0 Å². The smallest absolute Gasteiger partial charge is 0.254 e. The molecule has 1 saturated carbocycles. The van der Waals surface area contributed by atoms with Crippen molar-refractivity contribution in [2.24, 2.45) is 11.7 Å². The molecule has 5 heteroatoms. The lowest BCUT2D eigenvalue weighted by atomic mass is 10.0. The van der Waals surface area contributed by atoms with Crippen LogP contribution in [0.5, 0.6) is 0 Å². The number of para-hydroxylation sites is 1. The van der Waals surface area contributed by atoms with Crippen LogP contribution in [0.2, 0.25) is 0 Å². The molecule has 118 valence electrons. The maximum Gasteiger partial charge on any atom is 0.254 e. The molecule has 0 radical (unpaired) electrons. The summed E-state index contributed by atoms with van der Waals surface area (Å²) in [6.45, 7) is 1.01. The minimum atomic E-state index is -0.321. The highest BCUT2D eigenvalue weighted by Gasteiger charge is 2.32. The molecule has 5 nitrogen and oxygen atoms in total. The molecule has 2 aromatic rings. The standard InChI is InChI=1S/C18H19N3O2/c19-17(22)12-7-8-21(10-12)18(23)14-9-16(11-5-6-11)20-15-4-2-1-3-13(14)15/h1-4,9,11-12H,5-8,10H2,(H2,19,22)/t12-/m1/s1. The first kappa shape index (κ1) is 14.2. The molecule has 1 atom stereocenters. The Morgan fingerprint density at radius 1 is 1.17 bits per heavy atom. The molecule has 0 unspecified atom stereocenters. The van der Waals surface area contributed by atoms with E-state index in [1.807, 2.05) is 30.3 Å². The van der Waals surface area contributed by atoms with E-state index in [0.717, 1.165) is 29.4 Å². The lowest BCUT2D eigenvalue weighted by Gasteiger charge is -2.18. The highest BCUT2D eigenvalue weighted by atomic mass is 16.2. The van der Waals surface area contributed by atoms with Gasteiger partial charge in [-0.25, -0.2) is 0 Å². The second-order valence-corrected chi connectivity index (χ2v) is 6.53. The summed E-state index contributed by atoms with van der Waals surface area (Å²) < 4.78 is 0. The second kappa shape index (κ2) is 5.33. The molecule has 0 spiro atoms. The number of hydrogen-bond donors (Lipinski definition) is 1. The van der Waals surface area contributed by atoms with E-state index in [2.05, 4.69) is 0 Å². The number of fused-ring (bicyclic) bond motifs is 1. The average molecular weight is 309 g/mol. The van der Waals surface area contributed by atoms with Crippen LogP contribution in [-0.2, 0) is 4.79 Å². The van der Waals surface area contributed by atoms with E-state index in [-0.39, 0.29) is 17.7 Å². The number of rotatable bonds is 3. The van der Waals surface area contributed by atoms with Crippen molar-refractivity contribution in [1.82, 2.24) is 9.88 Å². The SMILES string of the molecule is NC(=O)[C@@H]1CCN(C(=O)c2cc(C3CC3)nc3ccccc23)C1. The van der Waals surface area contributed by atoms with Crippen molar-refractivity contribution in [3.8, 4) is 0 Å². The predicted molar refractivity (Wildman–Crippen MR) is 86.9 cm³/mol. The highest BCUT2D eigenvalue weighted by molar-refractivity contribution is 6.06. The number of pyridine rings is 1. The maximum atomic E-state index is 13.0. The van der Waals surface area contributed by atoms with Crippen LogP contribution >= 0.6 is 0 Å². The van der Waals surface area contributed by atoms with Crippen LogP contribution in [0.1, 0.15) is 41.2 Å². The molecule has 1 aromatic carbocycles. The van der Waals surface area contributed by atoms with Gasteiger partial charge in [-0.1, -0.05) is 18.2 Å². The number of benzene rings is 1. The third-order valence-corrected chi connectivity index (χ3v) is 4.84. The van der Waals surface area contributed by atoms with E-state index >= 15 is 0 Å². The summed E-state index contributed by atoms with van der Waals surface area (Å²) in [7, 11) is 0. The van der Waals surface area contributed by atoms with Crippen LogP contribution in [0.4, 0.5) is 0 Å². The number of carbonyl (C=O) groups is 2. The van der Waals surface area contributed by atoms with Gasteiger partial charge in [0, 0.05) is 30.1 Å². The van der Waals surface area contributed by atoms with Gasteiger partial charge < -0.3 is 10.6 Å². The number of amides is 2. The van der Waals surface area contributed by atoms with E-state index in [4.69, 9.17) is 10.7 Å². The lowest BCUT2D eigenvalue weighted by molar-refractivity contribution is -0.121. The average Bonchev–Trinajstić information content (AvgIpc) is 3.29. The molecule has 2 aliphatic rings. The molecule has 1 aliphatic carbocycles. The fourth-order valence-corrected chi connectivity index (χ4v) is 3.31. The number of likely N-dealkylation sites (tertiary alicyclic amines) is 1. The van der Waals surface area contributed by atoms with Crippen LogP contribution in [-0.4, -0.2) is 34.8 Å². The molecular formula is C18H19N3O2. The summed E-state index contributed by atoms with van der Waals surface area (Å²) in [6.07, 6.45) is 2.94. The van der Waals surface area contributed by atoms with Crippen molar-refractivity contribution in [3.05, 3.63) is 41.6 Å². The summed E-state index contributed by atoms with van der Waals surface area (Å²) in [6, 6.07) is 9.70. The highest BCUT2D eigenvalue weighted by Crippen LogP contribution is 2.40. The first-order chi connectivity index (χ1) is 11.1. The van der Waals surface area contributed by atoms with Crippen molar-refractivity contribution in [2.75, 3.05) is 13.1 Å². The molecule has 1 aromatic heterocycles. The molecule has 2 heterocycles. The number of nitrogens with zero attached hydrogens (tertiary/aromatic N) is 2. The first-order valence-corrected chi connectivity index (χ1v) is 8.12. The van der Waals surface area contributed by atoms with Crippen LogP contribution in [0.3, 0.4) is 0 Å². The fourth-order valence-electron chi connectivity index (χ4n) is 3.31. The molecule has 0 bridgehead atoms. The van der Waals surface area contributed by atoms with Gasteiger partial charge in [0.05, 0.1) is 17.0 Å². The van der Waals surface area contributed by atoms with Crippen molar-refractivity contribution in [1.29, 1.82) is 0 Å². The minimum Gasteiger partial charge on any atom is -0.369 e. The van der Waals surface area contributed by atoms with Gasteiger partial charge >= 0.3 is 0 Å². The van der Waals surface area contributed by atoms with Gasteiger partial charge in [0.2, 0.25) is 5.91 Å². The quantitative estimate of drug-likeness (QED) is 0.943. The molecular weight excluding hydrogens is 290 g/mol. The van der Waals surface area contributed by atoms with E-state index < -0.39 is 0 Å². The molecule has 1 saturated heterocycles. The van der Waals surface area contributed by atoms with Crippen molar-refractivity contribution in [2.45, 2.75) is 25.2 Å².